The van der Waals surface area contributed by atoms with Crippen molar-refractivity contribution < 1.29 is 9.53 Å². The molecular weight excluding hydrogens is 274 g/mol. The monoisotopic (exact) mass is 291 g/mol. The number of methoxy groups -OCH3 is 1. The van der Waals surface area contributed by atoms with Crippen LogP contribution in [0.15, 0.2) is 24.4 Å². The predicted molar refractivity (Wildman–Crippen MR) is 79.4 cm³/mol. The third-order valence-corrected chi connectivity index (χ3v) is 4.01. The van der Waals surface area contributed by atoms with E-state index in [0.29, 0.717) is 5.69 Å². The van der Waals surface area contributed by atoms with E-state index in [1.54, 1.807) is 6.20 Å². The van der Waals surface area contributed by atoms with E-state index in [-0.39, 0.29) is 5.97 Å². The molecule has 0 fully saturated rings. The number of carbonyl (C=O) groups excluding carboxylic acids is 1. The van der Waals surface area contributed by atoms with Crippen molar-refractivity contribution in [2.75, 3.05) is 25.6 Å². The Hall–Kier alpha value is -1.95. The van der Waals surface area contributed by atoms with Gasteiger partial charge in [-0.2, -0.15) is 0 Å². The van der Waals surface area contributed by atoms with Crippen LogP contribution in [-0.2, 0) is 11.2 Å². The van der Waals surface area contributed by atoms with E-state index in [4.69, 9.17) is 4.74 Å². The van der Waals surface area contributed by atoms with Gasteiger partial charge < -0.3 is 9.64 Å². The molecule has 5 nitrogen and oxygen atoms in total. The molecule has 0 N–H and O–H groups in total. The largest absolute Gasteiger partial charge is 0.464 e. The minimum Gasteiger partial charge on any atom is -0.464 e. The fraction of sp³-hybridized carbons (Fsp3) is 0.357. The van der Waals surface area contributed by atoms with Crippen LogP contribution in [0.5, 0.6) is 0 Å². The molecular formula is C14H17N3O2S. The molecule has 0 aromatic carbocycles. The Kier molecular flexibility index (Phi) is 4.68. The average Bonchev–Trinajstić information content (AvgIpc) is 2.87. The van der Waals surface area contributed by atoms with Crippen LogP contribution in [0.4, 0.5) is 5.13 Å². The third-order valence-electron chi connectivity index (χ3n) is 2.92. The summed E-state index contributed by atoms with van der Waals surface area (Å²) in [4.78, 5) is 23.1. The molecule has 0 saturated heterocycles. The summed E-state index contributed by atoms with van der Waals surface area (Å²) in [6.45, 7) is 2.67. The second kappa shape index (κ2) is 6.47. The van der Waals surface area contributed by atoms with Crippen LogP contribution < -0.4 is 4.90 Å². The second-order valence-corrected chi connectivity index (χ2v) is 5.57. The highest BCUT2D eigenvalue weighted by Gasteiger charge is 2.17. The number of hydrogen-bond acceptors (Lipinski definition) is 6. The van der Waals surface area contributed by atoms with Crippen molar-refractivity contribution in [3.05, 3.63) is 40.7 Å². The number of anilines is 1. The summed E-state index contributed by atoms with van der Waals surface area (Å²) in [5, 5.41) is 0.818. The van der Waals surface area contributed by atoms with Gasteiger partial charge in [-0.1, -0.05) is 6.07 Å². The molecule has 0 radical (unpaired) electrons. The number of hydrogen-bond donors (Lipinski definition) is 0. The molecule has 0 saturated carbocycles. The van der Waals surface area contributed by atoms with Crippen LogP contribution in [0, 0.1) is 6.92 Å². The highest BCUT2D eigenvalue weighted by atomic mass is 32.1. The lowest BCUT2D eigenvalue weighted by atomic mass is 10.2. The van der Waals surface area contributed by atoms with E-state index in [0.717, 1.165) is 28.7 Å². The number of thiazole rings is 1. The summed E-state index contributed by atoms with van der Waals surface area (Å²) >= 11 is 1.49. The van der Waals surface area contributed by atoms with E-state index < -0.39 is 0 Å². The van der Waals surface area contributed by atoms with Gasteiger partial charge in [-0.25, -0.2) is 9.78 Å². The van der Waals surface area contributed by atoms with Gasteiger partial charge in [0, 0.05) is 36.8 Å². The van der Waals surface area contributed by atoms with Crippen LogP contribution >= 0.6 is 11.3 Å². The van der Waals surface area contributed by atoms with E-state index in [1.165, 1.54) is 18.4 Å². The fourth-order valence-electron chi connectivity index (χ4n) is 1.76. The number of pyridine rings is 1. The first-order valence-electron chi connectivity index (χ1n) is 6.28. The van der Waals surface area contributed by atoms with Crippen LogP contribution in [0.3, 0.4) is 0 Å². The molecule has 20 heavy (non-hydrogen) atoms. The van der Waals surface area contributed by atoms with E-state index in [9.17, 15) is 4.79 Å². The Morgan fingerprint density at radius 1 is 1.45 bits per heavy atom. The first-order chi connectivity index (χ1) is 9.61. The molecule has 0 aliphatic rings. The predicted octanol–water partition coefficient (Wildman–Crippen LogP) is 2.31. The quantitative estimate of drug-likeness (QED) is 0.791. The number of aryl methyl sites for hydroxylation is 1. The first-order valence-corrected chi connectivity index (χ1v) is 7.10. The highest BCUT2D eigenvalue weighted by molar-refractivity contribution is 7.15. The molecule has 0 bridgehead atoms. The molecule has 0 aliphatic heterocycles. The number of carbonyl (C=O) groups is 1. The van der Waals surface area contributed by atoms with Crippen molar-refractivity contribution >= 4 is 22.4 Å². The van der Waals surface area contributed by atoms with Crippen molar-refractivity contribution in [2.24, 2.45) is 0 Å². The van der Waals surface area contributed by atoms with Crippen molar-refractivity contribution in [3.63, 3.8) is 0 Å². The first kappa shape index (κ1) is 14.5. The molecule has 2 aromatic rings. The zero-order valence-corrected chi connectivity index (χ0v) is 12.6. The SMILES string of the molecule is COC(=O)c1nc(N(C)CCc2ccccn2)sc1C. The minimum absolute atomic E-state index is 0.386. The summed E-state index contributed by atoms with van der Waals surface area (Å²) < 4.78 is 4.72. The highest BCUT2D eigenvalue weighted by Crippen LogP contribution is 2.25. The summed E-state index contributed by atoms with van der Waals surface area (Å²) in [6.07, 6.45) is 2.63. The number of nitrogens with zero attached hydrogens (tertiary/aromatic N) is 3. The molecule has 0 aliphatic carbocycles. The van der Waals surface area contributed by atoms with Crippen LogP contribution in [0.2, 0.25) is 0 Å². The molecule has 106 valence electrons. The lowest BCUT2D eigenvalue weighted by molar-refractivity contribution is 0.0594. The maximum Gasteiger partial charge on any atom is 0.357 e. The Morgan fingerprint density at radius 3 is 2.90 bits per heavy atom. The number of ether oxygens (including phenoxy) is 1. The Labute approximate surface area is 122 Å². The second-order valence-electron chi connectivity index (χ2n) is 4.39. The van der Waals surface area contributed by atoms with E-state index in [1.807, 2.05) is 37.1 Å². The van der Waals surface area contributed by atoms with Gasteiger partial charge >= 0.3 is 5.97 Å². The van der Waals surface area contributed by atoms with Gasteiger partial charge in [-0.15, -0.1) is 11.3 Å². The van der Waals surface area contributed by atoms with Gasteiger partial charge in [0.1, 0.15) is 0 Å². The molecule has 0 spiro atoms. The van der Waals surface area contributed by atoms with E-state index >= 15 is 0 Å². The van der Waals surface area contributed by atoms with E-state index in [2.05, 4.69) is 9.97 Å². The molecule has 2 heterocycles. The van der Waals surface area contributed by atoms with Crippen molar-refractivity contribution in [1.29, 1.82) is 0 Å². The Balaban J connectivity index is 2.02. The lowest BCUT2D eigenvalue weighted by Crippen LogP contribution is -2.20. The fourth-order valence-corrected chi connectivity index (χ4v) is 2.64. The van der Waals surface area contributed by atoms with Crippen molar-refractivity contribution in [3.8, 4) is 0 Å². The van der Waals surface area contributed by atoms with Gasteiger partial charge in [0.25, 0.3) is 0 Å². The number of rotatable bonds is 5. The zero-order chi connectivity index (χ0) is 14.5. The minimum atomic E-state index is -0.386. The van der Waals surface area contributed by atoms with Gasteiger partial charge in [0.2, 0.25) is 0 Å². The van der Waals surface area contributed by atoms with Gasteiger partial charge in [-0.3, -0.25) is 4.98 Å². The maximum atomic E-state index is 11.5. The molecule has 2 aromatic heterocycles. The molecule has 6 heteroatoms. The van der Waals surface area contributed by atoms with Gasteiger partial charge in [0.15, 0.2) is 10.8 Å². The van der Waals surface area contributed by atoms with Gasteiger partial charge in [0.05, 0.1) is 7.11 Å². The summed E-state index contributed by atoms with van der Waals surface area (Å²) in [7, 11) is 3.33. The Bertz CT molecular complexity index is 583. The normalized spacial score (nSPS) is 10.3. The topological polar surface area (TPSA) is 55.3 Å². The number of likely N-dealkylation sites (N-methyl/N-ethyl adjacent to an activating group) is 1. The third kappa shape index (κ3) is 3.33. The molecule has 2 rings (SSSR count). The average molecular weight is 291 g/mol. The standard InChI is InChI=1S/C14H17N3O2S/c1-10-12(13(18)19-3)16-14(20-10)17(2)9-7-11-6-4-5-8-15-11/h4-6,8H,7,9H2,1-3H3. The molecule has 0 unspecified atom stereocenters. The molecule has 0 atom stereocenters. The van der Waals surface area contributed by atoms with Crippen LogP contribution in [0.1, 0.15) is 21.1 Å². The number of aromatic nitrogens is 2. The maximum absolute atomic E-state index is 11.5. The van der Waals surface area contributed by atoms with Gasteiger partial charge in [-0.05, 0) is 19.1 Å². The summed E-state index contributed by atoms with van der Waals surface area (Å²) in [6, 6.07) is 5.88. The lowest BCUT2D eigenvalue weighted by Gasteiger charge is -2.14. The smallest absolute Gasteiger partial charge is 0.357 e. The Morgan fingerprint density at radius 2 is 2.25 bits per heavy atom. The summed E-state index contributed by atoms with van der Waals surface area (Å²) in [5.41, 5.74) is 1.44. The number of esters is 1. The van der Waals surface area contributed by atoms with Crippen molar-refractivity contribution in [2.45, 2.75) is 13.3 Å². The molecule has 0 amide bonds. The zero-order valence-electron chi connectivity index (χ0n) is 11.8. The van der Waals surface area contributed by atoms with Crippen LogP contribution in [0.25, 0.3) is 0 Å². The van der Waals surface area contributed by atoms with Crippen molar-refractivity contribution in [1.82, 2.24) is 9.97 Å². The van der Waals surface area contributed by atoms with Crippen LogP contribution in [-0.4, -0.2) is 36.6 Å². The summed E-state index contributed by atoms with van der Waals surface area (Å²) in [5.74, 6) is -0.386.